The van der Waals surface area contributed by atoms with Gasteiger partial charge in [0.2, 0.25) is 5.91 Å². The van der Waals surface area contributed by atoms with Gasteiger partial charge in [0, 0.05) is 24.9 Å². The number of carbonyl (C=O) groups is 1. The van der Waals surface area contributed by atoms with Crippen LogP contribution in [0.4, 0.5) is 26.3 Å². The highest BCUT2D eigenvalue weighted by molar-refractivity contribution is 6.42. The normalized spacial score (nSPS) is 21.2. The van der Waals surface area contributed by atoms with E-state index in [1.165, 1.54) is 5.56 Å². The summed E-state index contributed by atoms with van der Waals surface area (Å²) in [5.74, 6) is -0.263. The first-order chi connectivity index (χ1) is 20.7. The predicted octanol–water partition coefficient (Wildman–Crippen LogP) is 8.92. The summed E-state index contributed by atoms with van der Waals surface area (Å²) in [6, 6.07) is 17.1. The molecular weight excluding hydrogens is 625 g/mol. The minimum Gasteiger partial charge on any atom is -0.355 e. The highest BCUT2D eigenvalue weighted by atomic mass is 35.5. The summed E-state index contributed by atoms with van der Waals surface area (Å²) in [7, 11) is 0. The van der Waals surface area contributed by atoms with Crippen LogP contribution in [-0.4, -0.2) is 37.0 Å². The van der Waals surface area contributed by atoms with Crippen LogP contribution >= 0.6 is 23.2 Å². The summed E-state index contributed by atoms with van der Waals surface area (Å²) in [6.45, 7) is 2.02. The van der Waals surface area contributed by atoms with Crippen molar-refractivity contribution in [3.8, 4) is 0 Å². The van der Waals surface area contributed by atoms with Gasteiger partial charge in [-0.3, -0.25) is 4.79 Å². The van der Waals surface area contributed by atoms with Crippen molar-refractivity contribution >= 4 is 29.1 Å². The number of amides is 1. The molecule has 0 saturated carbocycles. The van der Waals surface area contributed by atoms with Gasteiger partial charge in [-0.15, -0.1) is 0 Å². The number of alkyl halides is 6. The van der Waals surface area contributed by atoms with Crippen molar-refractivity contribution in [1.29, 1.82) is 0 Å². The number of rotatable bonds is 7. The first kappa shape index (κ1) is 32.6. The number of hydrogen-bond donors (Lipinski definition) is 1. The van der Waals surface area contributed by atoms with E-state index >= 15 is 0 Å². The third-order valence-corrected chi connectivity index (χ3v) is 9.88. The molecule has 2 atom stereocenters. The third-order valence-electron chi connectivity index (χ3n) is 9.14. The fourth-order valence-electron chi connectivity index (χ4n) is 6.75. The Morgan fingerprint density at radius 1 is 0.864 bits per heavy atom. The van der Waals surface area contributed by atoms with Gasteiger partial charge in [0.1, 0.15) is 0 Å². The van der Waals surface area contributed by atoms with Crippen LogP contribution in [0.15, 0.2) is 66.7 Å². The molecule has 2 unspecified atom stereocenters. The smallest absolute Gasteiger partial charge is 0.355 e. The summed E-state index contributed by atoms with van der Waals surface area (Å²) in [5, 5.41) is 3.51. The van der Waals surface area contributed by atoms with Gasteiger partial charge in [-0.25, -0.2) is 0 Å². The van der Waals surface area contributed by atoms with E-state index in [4.69, 9.17) is 23.2 Å². The lowest BCUT2D eigenvalue weighted by Crippen LogP contribution is -2.54. The van der Waals surface area contributed by atoms with Crippen molar-refractivity contribution in [2.45, 2.75) is 55.8 Å². The molecule has 2 aliphatic rings. The maximum Gasteiger partial charge on any atom is 0.416 e. The lowest BCUT2D eigenvalue weighted by molar-refractivity contribution is -0.143. The molecule has 2 fully saturated rings. The standard InChI is InChI=1S/C33H32Cl2F6N2O/c34-28-7-6-24(18-29(28)35)31(11-8-30(44)42-20-31)27(19-43-12-9-23(10-13-43)22-4-2-1-3-5-22)16-21-14-25(32(36,37)38)17-26(15-21)33(39,40)41/h1-7,14-15,17-18,23,27H,8-13,16,19-20H2,(H,42,44). The molecule has 2 saturated heterocycles. The van der Waals surface area contributed by atoms with Gasteiger partial charge in [-0.05, 0) is 97.6 Å². The van der Waals surface area contributed by atoms with E-state index in [0.29, 0.717) is 23.9 Å². The molecule has 3 nitrogen and oxygen atoms in total. The van der Waals surface area contributed by atoms with E-state index in [-0.39, 0.29) is 41.9 Å². The number of nitrogens with zero attached hydrogens (tertiary/aromatic N) is 1. The Bertz CT molecular complexity index is 1430. The molecule has 3 aromatic rings. The highest BCUT2D eigenvalue weighted by Crippen LogP contribution is 2.44. The van der Waals surface area contributed by atoms with E-state index in [2.05, 4.69) is 22.3 Å². The van der Waals surface area contributed by atoms with Crippen molar-refractivity contribution < 1.29 is 31.1 Å². The van der Waals surface area contributed by atoms with Gasteiger partial charge in [-0.2, -0.15) is 26.3 Å². The van der Waals surface area contributed by atoms with E-state index in [1.807, 2.05) is 18.2 Å². The molecule has 2 heterocycles. The van der Waals surface area contributed by atoms with Crippen LogP contribution in [0.2, 0.25) is 10.0 Å². The van der Waals surface area contributed by atoms with Gasteiger partial charge in [0.15, 0.2) is 0 Å². The summed E-state index contributed by atoms with van der Waals surface area (Å²) < 4.78 is 82.8. The Balaban J connectivity index is 1.54. The number of carbonyl (C=O) groups excluding carboxylic acids is 1. The van der Waals surface area contributed by atoms with Crippen molar-refractivity contribution in [2.24, 2.45) is 5.92 Å². The van der Waals surface area contributed by atoms with Crippen LogP contribution in [0.1, 0.15) is 59.4 Å². The summed E-state index contributed by atoms with van der Waals surface area (Å²) in [6.07, 6.45) is -7.72. The predicted molar refractivity (Wildman–Crippen MR) is 159 cm³/mol. The molecule has 0 radical (unpaired) electrons. The molecular formula is C33H32Cl2F6N2O. The largest absolute Gasteiger partial charge is 0.416 e. The first-order valence-corrected chi connectivity index (χ1v) is 15.3. The summed E-state index contributed by atoms with van der Waals surface area (Å²) in [4.78, 5) is 14.6. The monoisotopic (exact) mass is 656 g/mol. The average Bonchev–Trinajstić information content (AvgIpc) is 2.99. The molecule has 11 heteroatoms. The first-order valence-electron chi connectivity index (χ1n) is 14.5. The molecule has 0 bridgehead atoms. The molecule has 2 aliphatic heterocycles. The molecule has 5 rings (SSSR count). The van der Waals surface area contributed by atoms with Crippen molar-refractivity contribution in [2.75, 3.05) is 26.2 Å². The Hall–Kier alpha value is -2.75. The second kappa shape index (κ2) is 12.9. The van der Waals surface area contributed by atoms with Gasteiger partial charge < -0.3 is 10.2 Å². The van der Waals surface area contributed by atoms with Crippen LogP contribution in [-0.2, 0) is 29.0 Å². The van der Waals surface area contributed by atoms with E-state index in [9.17, 15) is 31.1 Å². The quantitative estimate of drug-likeness (QED) is 0.258. The zero-order valence-corrected chi connectivity index (χ0v) is 25.3. The van der Waals surface area contributed by atoms with E-state index < -0.39 is 34.8 Å². The number of likely N-dealkylation sites (tertiary alicyclic amines) is 1. The molecule has 0 spiro atoms. The SMILES string of the molecule is O=C1CCC(c2ccc(Cl)c(Cl)c2)(C(Cc2cc(C(F)(F)F)cc(C(F)(F)F)c2)CN2CCC(c3ccccc3)CC2)CN1. The molecule has 236 valence electrons. The van der Waals surface area contributed by atoms with Crippen LogP contribution in [0.5, 0.6) is 0 Å². The molecule has 0 aromatic heterocycles. The fraction of sp³-hybridized carbons (Fsp3) is 0.424. The maximum atomic E-state index is 13.8. The van der Waals surface area contributed by atoms with Crippen molar-refractivity contribution in [1.82, 2.24) is 10.2 Å². The van der Waals surface area contributed by atoms with Crippen LogP contribution in [0.25, 0.3) is 0 Å². The highest BCUT2D eigenvalue weighted by Gasteiger charge is 2.45. The zero-order chi connectivity index (χ0) is 31.7. The average molecular weight is 658 g/mol. The molecule has 3 aromatic carbocycles. The molecule has 0 aliphatic carbocycles. The number of nitrogens with one attached hydrogen (secondary N) is 1. The van der Waals surface area contributed by atoms with Gasteiger partial charge in [0.05, 0.1) is 21.2 Å². The van der Waals surface area contributed by atoms with Crippen LogP contribution in [0.3, 0.4) is 0 Å². The maximum absolute atomic E-state index is 13.8. The van der Waals surface area contributed by atoms with Crippen LogP contribution in [0, 0.1) is 5.92 Å². The minimum absolute atomic E-state index is 0.0624. The Morgan fingerprint density at radius 2 is 1.50 bits per heavy atom. The lowest BCUT2D eigenvalue weighted by Gasteiger charge is -2.47. The second-order valence-electron chi connectivity index (χ2n) is 11.9. The molecule has 1 amide bonds. The minimum atomic E-state index is -4.95. The summed E-state index contributed by atoms with van der Waals surface area (Å²) in [5.41, 5.74) is -1.58. The van der Waals surface area contributed by atoms with E-state index in [0.717, 1.165) is 43.6 Å². The van der Waals surface area contributed by atoms with Crippen molar-refractivity contribution in [3.63, 3.8) is 0 Å². The zero-order valence-electron chi connectivity index (χ0n) is 23.7. The van der Waals surface area contributed by atoms with Crippen LogP contribution < -0.4 is 5.32 Å². The fourth-order valence-corrected chi connectivity index (χ4v) is 7.05. The Labute approximate surface area is 262 Å². The lowest BCUT2D eigenvalue weighted by atomic mass is 9.63. The second-order valence-corrected chi connectivity index (χ2v) is 12.7. The number of hydrogen-bond acceptors (Lipinski definition) is 2. The third kappa shape index (κ3) is 7.37. The van der Waals surface area contributed by atoms with Gasteiger partial charge >= 0.3 is 12.4 Å². The Kier molecular flexibility index (Phi) is 9.59. The number of piperidine rings is 2. The van der Waals surface area contributed by atoms with Gasteiger partial charge in [0.25, 0.3) is 0 Å². The van der Waals surface area contributed by atoms with E-state index in [1.54, 1.807) is 18.2 Å². The summed E-state index contributed by atoms with van der Waals surface area (Å²) >= 11 is 12.6. The van der Waals surface area contributed by atoms with Crippen molar-refractivity contribution in [3.05, 3.63) is 105 Å². The molecule has 44 heavy (non-hydrogen) atoms. The Morgan fingerprint density at radius 3 is 2.05 bits per heavy atom. The number of halogens is 8. The topological polar surface area (TPSA) is 32.3 Å². The molecule has 1 N–H and O–H groups in total. The number of benzene rings is 3. The van der Waals surface area contributed by atoms with Gasteiger partial charge in [-0.1, -0.05) is 59.6 Å².